The average molecular weight is 194 g/mol. The normalized spacial score (nSPS) is 10.2. The maximum atomic E-state index is 5.17. The highest BCUT2D eigenvalue weighted by Crippen LogP contribution is 1.94. The molecule has 0 bridgehead atoms. The highest BCUT2D eigenvalue weighted by atomic mass is 32.1. The van der Waals surface area contributed by atoms with Crippen LogP contribution in [0.1, 0.15) is 11.3 Å². The van der Waals surface area contributed by atoms with Crippen LogP contribution in [0.5, 0.6) is 0 Å². The van der Waals surface area contributed by atoms with Gasteiger partial charge in [0.25, 0.3) is 0 Å². The van der Waals surface area contributed by atoms with Crippen molar-refractivity contribution in [3.05, 3.63) is 29.6 Å². The van der Waals surface area contributed by atoms with Gasteiger partial charge in [-0.2, -0.15) is 5.10 Å². The Bertz CT molecular complexity index is 317. The first-order valence-electron chi connectivity index (χ1n) is 3.69. The summed E-state index contributed by atoms with van der Waals surface area (Å²) in [6.45, 7) is 1.97. The summed E-state index contributed by atoms with van der Waals surface area (Å²) in [7, 11) is 0. The van der Waals surface area contributed by atoms with Crippen LogP contribution in [0.4, 0.5) is 0 Å². The number of thiocarbonyl (C=S) groups is 1. The molecule has 0 aliphatic heterocycles. The van der Waals surface area contributed by atoms with Crippen molar-refractivity contribution in [1.29, 1.82) is 0 Å². The molecule has 0 saturated heterocycles. The molecule has 0 radical (unpaired) electrons. The van der Waals surface area contributed by atoms with Crippen LogP contribution >= 0.6 is 12.2 Å². The SMILES string of the molecule is Cc1ccc(C=NNC(N)=S)nc1. The van der Waals surface area contributed by atoms with Crippen molar-refractivity contribution in [1.82, 2.24) is 10.4 Å². The number of nitrogens with one attached hydrogen (secondary N) is 1. The van der Waals surface area contributed by atoms with Crippen LogP contribution in [0, 0.1) is 6.92 Å². The molecule has 0 unspecified atom stereocenters. The van der Waals surface area contributed by atoms with Crippen LogP contribution in [-0.2, 0) is 0 Å². The topological polar surface area (TPSA) is 63.3 Å². The molecular weight excluding hydrogens is 184 g/mol. The number of nitrogens with zero attached hydrogens (tertiary/aromatic N) is 2. The average Bonchev–Trinajstić information content (AvgIpc) is 2.08. The zero-order valence-corrected chi connectivity index (χ0v) is 8.01. The maximum absolute atomic E-state index is 5.17. The van der Waals surface area contributed by atoms with E-state index < -0.39 is 0 Å². The summed E-state index contributed by atoms with van der Waals surface area (Å²) in [6, 6.07) is 3.81. The van der Waals surface area contributed by atoms with Gasteiger partial charge < -0.3 is 5.73 Å². The standard InChI is InChI=1S/C8H10N4S/c1-6-2-3-7(10-4-6)5-11-12-8(9)13/h2-5H,1H3,(H3,9,12,13). The van der Waals surface area contributed by atoms with Crippen LogP contribution in [0.25, 0.3) is 0 Å². The monoisotopic (exact) mass is 194 g/mol. The Hall–Kier alpha value is -1.49. The van der Waals surface area contributed by atoms with Crippen LogP contribution < -0.4 is 11.2 Å². The van der Waals surface area contributed by atoms with Gasteiger partial charge in [0.1, 0.15) is 0 Å². The molecule has 0 spiro atoms. The lowest BCUT2D eigenvalue weighted by atomic mass is 10.3. The third kappa shape index (κ3) is 3.62. The van der Waals surface area contributed by atoms with Crippen molar-refractivity contribution >= 4 is 23.5 Å². The molecule has 0 aliphatic carbocycles. The van der Waals surface area contributed by atoms with Crippen LogP contribution in [0.2, 0.25) is 0 Å². The van der Waals surface area contributed by atoms with Crippen molar-refractivity contribution in [3.63, 3.8) is 0 Å². The molecule has 0 aliphatic rings. The van der Waals surface area contributed by atoms with Crippen molar-refractivity contribution < 1.29 is 0 Å². The molecule has 0 fully saturated rings. The number of hydrogen-bond donors (Lipinski definition) is 2. The summed E-state index contributed by atoms with van der Waals surface area (Å²) < 4.78 is 0. The maximum Gasteiger partial charge on any atom is 0.184 e. The molecule has 1 heterocycles. The number of aryl methyl sites for hydroxylation is 1. The van der Waals surface area contributed by atoms with Gasteiger partial charge in [-0.25, -0.2) is 0 Å². The number of hydrazone groups is 1. The fraction of sp³-hybridized carbons (Fsp3) is 0.125. The first-order valence-corrected chi connectivity index (χ1v) is 4.10. The van der Waals surface area contributed by atoms with Crippen molar-refractivity contribution in [2.24, 2.45) is 10.8 Å². The van der Waals surface area contributed by atoms with E-state index in [0.29, 0.717) is 0 Å². The second-order valence-electron chi connectivity index (χ2n) is 2.49. The molecule has 0 atom stereocenters. The van der Waals surface area contributed by atoms with E-state index in [1.54, 1.807) is 12.4 Å². The summed E-state index contributed by atoms with van der Waals surface area (Å²) in [6.07, 6.45) is 3.32. The third-order valence-corrected chi connectivity index (χ3v) is 1.40. The molecule has 13 heavy (non-hydrogen) atoms. The number of rotatable bonds is 2. The van der Waals surface area contributed by atoms with Gasteiger partial charge in [0.15, 0.2) is 5.11 Å². The predicted octanol–water partition coefficient (Wildman–Crippen LogP) is 0.557. The molecule has 0 saturated carbocycles. The highest BCUT2D eigenvalue weighted by molar-refractivity contribution is 7.80. The Labute approximate surface area is 81.9 Å². The molecular formula is C8H10N4S. The van der Waals surface area contributed by atoms with E-state index in [4.69, 9.17) is 5.73 Å². The largest absolute Gasteiger partial charge is 0.375 e. The van der Waals surface area contributed by atoms with E-state index in [2.05, 4.69) is 27.7 Å². The first-order chi connectivity index (χ1) is 6.18. The third-order valence-electron chi connectivity index (χ3n) is 1.31. The molecule has 0 amide bonds. The molecule has 0 aromatic carbocycles. The van der Waals surface area contributed by atoms with E-state index >= 15 is 0 Å². The zero-order chi connectivity index (χ0) is 9.68. The highest BCUT2D eigenvalue weighted by Gasteiger charge is 1.88. The fourth-order valence-corrected chi connectivity index (χ4v) is 0.770. The number of pyridine rings is 1. The molecule has 1 aromatic heterocycles. The van der Waals surface area contributed by atoms with E-state index in [9.17, 15) is 0 Å². The predicted molar refractivity (Wildman–Crippen MR) is 56.5 cm³/mol. The lowest BCUT2D eigenvalue weighted by molar-refractivity contribution is 1.04. The van der Waals surface area contributed by atoms with Gasteiger partial charge in [-0.05, 0) is 30.8 Å². The minimum absolute atomic E-state index is 0.142. The van der Waals surface area contributed by atoms with Crippen LogP contribution in [0.3, 0.4) is 0 Å². The van der Waals surface area contributed by atoms with E-state index in [0.717, 1.165) is 11.3 Å². The van der Waals surface area contributed by atoms with E-state index in [1.165, 1.54) is 0 Å². The minimum atomic E-state index is 0.142. The van der Waals surface area contributed by atoms with Crippen LogP contribution in [0.15, 0.2) is 23.4 Å². The Kier molecular flexibility index (Phi) is 3.33. The zero-order valence-electron chi connectivity index (χ0n) is 7.19. The van der Waals surface area contributed by atoms with Crippen molar-refractivity contribution in [2.45, 2.75) is 6.92 Å². The quantitative estimate of drug-likeness (QED) is 0.410. The van der Waals surface area contributed by atoms with Crippen molar-refractivity contribution in [3.8, 4) is 0 Å². The van der Waals surface area contributed by atoms with Crippen molar-refractivity contribution in [2.75, 3.05) is 0 Å². The van der Waals surface area contributed by atoms with Gasteiger partial charge in [-0.3, -0.25) is 10.4 Å². The number of hydrogen-bond acceptors (Lipinski definition) is 3. The second-order valence-corrected chi connectivity index (χ2v) is 2.93. The van der Waals surface area contributed by atoms with Gasteiger partial charge in [0.2, 0.25) is 0 Å². The number of aromatic nitrogens is 1. The van der Waals surface area contributed by atoms with Gasteiger partial charge >= 0.3 is 0 Å². The van der Waals surface area contributed by atoms with Gasteiger partial charge in [-0.15, -0.1) is 0 Å². The Morgan fingerprint density at radius 2 is 2.46 bits per heavy atom. The Morgan fingerprint density at radius 3 is 3.00 bits per heavy atom. The second kappa shape index (κ2) is 4.51. The minimum Gasteiger partial charge on any atom is -0.375 e. The molecule has 4 nitrogen and oxygen atoms in total. The van der Waals surface area contributed by atoms with Crippen LogP contribution in [-0.4, -0.2) is 16.3 Å². The molecule has 1 rings (SSSR count). The summed E-state index contributed by atoms with van der Waals surface area (Å²) >= 11 is 4.56. The summed E-state index contributed by atoms with van der Waals surface area (Å²) in [5.41, 5.74) is 9.48. The Morgan fingerprint density at radius 1 is 1.69 bits per heavy atom. The molecule has 1 aromatic rings. The van der Waals surface area contributed by atoms with Gasteiger partial charge in [0.05, 0.1) is 11.9 Å². The lowest BCUT2D eigenvalue weighted by Crippen LogP contribution is -2.24. The summed E-state index contributed by atoms with van der Waals surface area (Å²) in [5.74, 6) is 0. The smallest absolute Gasteiger partial charge is 0.184 e. The van der Waals surface area contributed by atoms with E-state index in [-0.39, 0.29) is 5.11 Å². The Balaban J connectivity index is 2.59. The van der Waals surface area contributed by atoms with Gasteiger partial charge in [0, 0.05) is 6.20 Å². The molecule has 3 N–H and O–H groups in total. The lowest BCUT2D eigenvalue weighted by Gasteiger charge is -1.94. The van der Waals surface area contributed by atoms with E-state index in [1.807, 2.05) is 19.1 Å². The fourth-order valence-electron chi connectivity index (χ4n) is 0.718. The first kappa shape index (κ1) is 9.60. The van der Waals surface area contributed by atoms with Gasteiger partial charge in [-0.1, -0.05) is 6.07 Å². The summed E-state index contributed by atoms with van der Waals surface area (Å²) in [4.78, 5) is 4.10. The number of nitrogens with two attached hydrogens (primary N) is 1. The molecule has 5 heteroatoms. The summed E-state index contributed by atoms with van der Waals surface area (Å²) in [5, 5.41) is 3.91. The molecule has 68 valence electrons.